The minimum atomic E-state index is -0.332. The van der Waals surface area contributed by atoms with E-state index in [1.54, 1.807) is 12.1 Å². The molecule has 2 amide bonds. The summed E-state index contributed by atoms with van der Waals surface area (Å²) in [5, 5.41) is 16.2. The Labute approximate surface area is 97.1 Å². The maximum Gasteiger partial charge on any atom is 0.335 e. The SMILES string of the molecule is CC1NC(=O)NN=C1c1ccc(O)c(Cl)c1. The molecule has 1 aliphatic heterocycles. The third-order valence-corrected chi connectivity index (χ3v) is 2.58. The highest BCUT2D eigenvalue weighted by atomic mass is 35.5. The molecule has 0 radical (unpaired) electrons. The average Bonchev–Trinajstić information content (AvgIpc) is 2.22. The van der Waals surface area contributed by atoms with Crippen LogP contribution >= 0.6 is 11.6 Å². The Hall–Kier alpha value is -1.75. The maximum atomic E-state index is 11.0. The lowest BCUT2D eigenvalue weighted by atomic mass is 10.0. The van der Waals surface area contributed by atoms with Crippen LogP contribution in [0, 0.1) is 0 Å². The van der Waals surface area contributed by atoms with Gasteiger partial charge in [-0.1, -0.05) is 11.6 Å². The summed E-state index contributed by atoms with van der Waals surface area (Å²) in [6.45, 7) is 1.82. The molecule has 0 saturated carbocycles. The number of rotatable bonds is 1. The quantitative estimate of drug-likeness (QED) is 0.694. The number of aromatic hydroxyl groups is 1. The number of hydrazone groups is 1. The highest BCUT2D eigenvalue weighted by molar-refractivity contribution is 6.32. The lowest BCUT2D eigenvalue weighted by Crippen LogP contribution is -2.48. The lowest BCUT2D eigenvalue weighted by molar-refractivity contribution is 0.239. The zero-order chi connectivity index (χ0) is 11.7. The minimum absolute atomic E-state index is 0.0199. The molecule has 1 atom stereocenters. The van der Waals surface area contributed by atoms with Crippen LogP contribution < -0.4 is 10.7 Å². The van der Waals surface area contributed by atoms with Gasteiger partial charge in [-0.25, -0.2) is 10.2 Å². The first-order valence-electron chi connectivity index (χ1n) is 4.71. The van der Waals surface area contributed by atoms with E-state index in [1.807, 2.05) is 6.92 Å². The molecule has 0 aliphatic carbocycles. The normalized spacial score (nSPS) is 19.8. The molecule has 3 N–H and O–H groups in total. The van der Waals surface area contributed by atoms with Gasteiger partial charge in [-0.05, 0) is 25.1 Å². The first-order valence-corrected chi connectivity index (χ1v) is 5.08. The number of hydrogen-bond donors (Lipinski definition) is 3. The number of amides is 2. The third kappa shape index (κ3) is 1.94. The molecule has 84 valence electrons. The molecule has 16 heavy (non-hydrogen) atoms. The summed E-state index contributed by atoms with van der Waals surface area (Å²) in [7, 11) is 0. The van der Waals surface area contributed by atoms with E-state index in [0.717, 1.165) is 5.56 Å². The smallest absolute Gasteiger partial charge is 0.335 e. The highest BCUT2D eigenvalue weighted by Gasteiger charge is 2.20. The molecule has 6 heteroatoms. The molecule has 1 heterocycles. The average molecular weight is 240 g/mol. The van der Waals surface area contributed by atoms with Gasteiger partial charge >= 0.3 is 6.03 Å². The van der Waals surface area contributed by atoms with Crippen molar-refractivity contribution in [3.63, 3.8) is 0 Å². The fourth-order valence-electron chi connectivity index (χ4n) is 1.49. The molecule has 0 bridgehead atoms. The molecule has 2 rings (SSSR count). The van der Waals surface area contributed by atoms with E-state index in [-0.39, 0.29) is 22.8 Å². The van der Waals surface area contributed by atoms with Gasteiger partial charge < -0.3 is 10.4 Å². The fraction of sp³-hybridized carbons (Fsp3) is 0.200. The van der Waals surface area contributed by atoms with E-state index in [2.05, 4.69) is 15.8 Å². The van der Waals surface area contributed by atoms with Crippen LogP contribution in [0.15, 0.2) is 23.3 Å². The Morgan fingerprint density at radius 2 is 2.25 bits per heavy atom. The first kappa shape index (κ1) is 10.8. The number of benzene rings is 1. The number of phenolic OH excluding ortho intramolecular Hbond substituents is 1. The van der Waals surface area contributed by atoms with Crippen molar-refractivity contribution in [3.05, 3.63) is 28.8 Å². The Balaban J connectivity index is 2.37. The number of hydrogen-bond acceptors (Lipinski definition) is 3. The molecule has 1 aromatic rings. The van der Waals surface area contributed by atoms with Crippen LogP contribution in [0.2, 0.25) is 5.02 Å². The molecular weight excluding hydrogens is 230 g/mol. The Morgan fingerprint density at radius 1 is 1.50 bits per heavy atom. The molecular formula is C10H10ClN3O2. The predicted molar refractivity (Wildman–Crippen MR) is 60.8 cm³/mol. The predicted octanol–water partition coefficient (Wildman–Crippen LogP) is 1.45. The van der Waals surface area contributed by atoms with Crippen LogP contribution in [0.1, 0.15) is 12.5 Å². The summed E-state index contributed by atoms with van der Waals surface area (Å²) in [4.78, 5) is 11.0. The Bertz CT molecular complexity index is 473. The van der Waals surface area contributed by atoms with E-state index in [0.29, 0.717) is 5.71 Å². The van der Waals surface area contributed by atoms with Gasteiger partial charge in [0.1, 0.15) is 5.75 Å². The van der Waals surface area contributed by atoms with Crippen molar-refractivity contribution in [2.24, 2.45) is 5.10 Å². The highest BCUT2D eigenvalue weighted by Crippen LogP contribution is 2.24. The standard InChI is InChI=1S/C10H10ClN3O2/c1-5-9(13-14-10(16)12-5)6-2-3-8(15)7(11)4-6/h2-5,15H,1H3,(H2,12,14,16). The van der Waals surface area contributed by atoms with Crippen molar-refractivity contribution in [1.29, 1.82) is 0 Å². The largest absolute Gasteiger partial charge is 0.506 e. The monoisotopic (exact) mass is 239 g/mol. The van der Waals surface area contributed by atoms with E-state index in [1.165, 1.54) is 6.07 Å². The second-order valence-corrected chi connectivity index (χ2v) is 3.88. The van der Waals surface area contributed by atoms with Crippen LogP contribution in [0.25, 0.3) is 0 Å². The minimum Gasteiger partial charge on any atom is -0.506 e. The van der Waals surface area contributed by atoms with E-state index in [9.17, 15) is 9.90 Å². The first-order chi connectivity index (χ1) is 7.58. The summed E-state index contributed by atoms with van der Waals surface area (Å²) in [6.07, 6.45) is 0. The molecule has 0 fully saturated rings. The maximum absolute atomic E-state index is 11.0. The van der Waals surface area contributed by atoms with Crippen molar-refractivity contribution in [1.82, 2.24) is 10.7 Å². The number of nitrogens with one attached hydrogen (secondary N) is 2. The number of halogens is 1. The van der Waals surface area contributed by atoms with Crippen molar-refractivity contribution in [2.45, 2.75) is 13.0 Å². The van der Waals surface area contributed by atoms with Crippen molar-refractivity contribution in [2.75, 3.05) is 0 Å². The molecule has 1 aliphatic rings. The number of phenols is 1. The zero-order valence-electron chi connectivity index (χ0n) is 8.49. The summed E-state index contributed by atoms with van der Waals surface area (Å²) in [6, 6.07) is 4.25. The molecule has 0 spiro atoms. The van der Waals surface area contributed by atoms with Gasteiger partial charge in [-0.3, -0.25) is 0 Å². The second kappa shape index (κ2) is 4.02. The molecule has 1 aromatic carbocycles. The number of urea groups is 1. The van der Waals surface area contributed by atoms with Gasteiger partial charge in [0.2, 0.25) is 0 Å². The van der Waals surface area contributed by atoms with Crippen molar-refractivity contribution < 1.29 is 9.90 Å². The lowest BCUT2D eigenvalue weighted by Gasteiger charge is -2.21. The van der Waals surface area contributed by atoms with Crippen molar-refractivity contribution in [3.8, 4) is 5.75 Å². The number of carbonyl (C=O) groups excluding carboxylic acids is 1. The third-order valence-electron chi connectivity index (χ3n) is 2.28. The Morgan fingerprint density at radius 3 is 2.88 bits per heavy atom. The Kier molecular flexibility index (Phi) is 2.70. The van der Waals surface area contributed by atoms with Crippen LogP contribution in [-0.2, 0) is 0 Å². The molecule has 5 nitrogen and oxygen atoms in total. The molecule has 0 aromatic heterocycles. The molecule has 0 saturated heterocycles. The van der Waals surface area contributed by atoms with E-state index in [4.69, 9.17) is 11.6 Å². The van der Waals surface area contributed by atoms with Gasteiger partial charge in [0, 0.05) is 5.56 Å². The summed E-state index contributed by atoms with van der Waals surface area (Å²) in [5.41, 5.74) is 3.75. The molecule has 1 unspecified atom stereocenters. The van der Waals surface area contributed by atoms with Gasteiger partial charge in [0.15, 0.2) is 0 Å². The summed E-state index contributed by atoms with van der Waals surface area (Å²) < 4.78 is 0. The summed E-state index contributed by atoms with van der Waals surface area (Å²) >= 11 is 5.80. The van der Waals surface area contributed by atoms with E-state index >= 15 is 0 Å². The van der Waals surface area contributed by atoms with Crippen LogP contribution in [0.5, 0.6) is 5.75 Å². The second-order valence-electron chi connectivity index (χ2n) is 3.47. The van der Waals surface area contributed by atoms with Gasteiger partial charge in [-0.15, -0.1) is 0 Å². The van der Waals surface area contributed by atoms with Gasteiger partial charge in [-0.2, -0.15) is 5.10 Å². The van der Waals surface area contributed by atoms with Crippen LogP contribution in [0.4, 0.5) is 4.79 Å². The van der Waals surface area contributed by atoms with Gasteiger partial charge in [0.25, 0.3) is 0 Å². The van der Waals surface area contributed by atoms with Gasteiger partial charge in [0.05, 0.1) is 16.8 Å². The van der Waals surface area contributed by atoms with Crippen molar-refractivity contribution >= 4 is 23.3 Å². The fourth-order valence-corrected chi connectivity index (χ4v) is 1.67. The van der Waals surface area contributed by atoms with Crippen LogP contribution in [-0.4, -0.2) is 22.9 Å². The summed E-state index contributed by atoms with van der Waals surface area (Å²) in [5.74, 6) is 0.0199. The topological polar surface area (TPSA) is 73.7 Å². The van der Waals surface area contributed by atoms with Crippen LogP contribution in [0.3, 0.4) is 0 Å². The number of carbonyl (C=O) groups is 1. The zero-order valence-corrected chi connectivity index (χ0v) is 9.25. The van der Waals surface area contributed by atoms with E-state index < -0.39 is 0 Å². The number of nitrogens with zero attached hydrogens (tertiary/aromatic N) is 1.